The molecule has 0 bridgehead atoms. The number of aliphatic hydroxyl groups is 1. The fourth-order valence-corrected chi connectivity index (χ4v) is 2.27. The Morgan fingerprint density at radius 3 is 2.43 bits per heavy atom. The number of benzene rings is 1. The van der Waals surface area contributed by atoms with Gasteiger partial charge in [0.15, 0.2) is 0 Å². The number of urea groups is 1. The van der Waals surface area contributed by atoms with Crippen molar-refractivity contribution in [2.24, 2.45) is 5.92 Å². The van der Waals surface area contributed by atoms with Crippen molar-refractivity contribution in [3.63, 3.8) is 0 Å². The van der Waals surface area contributed by atoms with Crippen molar-refractivity contribution in [2.45, 2.75) is 26.3 Å². The standard InChI is InChI=1S/C16H23ClN2O4/c1-4-14(10-20)19(9-11(2)15(21)23-3)16(22)18-13-7-5-12(17)6-8-13/h5-8,11,14,20H,4,9-10H2,1-3H3,(H,18,22). The van der Waals surface area contributed by atoms with Gasteiger partial charge in [0.2, 0.25) is 0 Å². The van der Waals surface area contributed by atoms with E-state index >= 15 is 0 Å². The maximum absolute atomic E-state index is 12.5. The average Bonchev–Trinajstić information content (AvgIpc) is 2.56. The topological polar surface area (TPSA) is 78.9 Å². The molecule has 23 heavy (non-hydrogen) atoms. The van der Waals surface area contributed by atoms with Gasteiger partial charge in [-0.05, 0) is 30.7 Å². The minimum Gasteiger partial charge on any atom is -0.469 e. The van der Waals surface area contributed by atoms with Crippen LogP contribution in [0.25, 0.3) is 0 Å². The van der Waals surface area contributed by atoms with Crippen LogP contribution in [0.15, 0.2) is 24.3 Å². The molecule has 128 valence electrons. The smallest absolute Gasteiger partial charge is 0.322 e. The van der Waals surface area contributed by atoms with Crippen molar-refractivity contribution < 1.29 is 19.4 Å². The molecule has 1 rings (SSSR count). The first-order valence-electron chi connectivity index (χ1n) is 7.44. The van der Waals surface area contributed by atoms with Crippen molar-refractivity contribution in [3.05, 3.63) is 29.3 Å². The summed E-state index contributed by atoms with van der Waals surface area (Å²) in [5.74, 6) is -0.890. The van der Waals surface area contributed by atoms with Crippen molar-refractivity contribution in [1.29, 1.82) is 0 Å². The van der Waals surface area contributed by atoms with Crippen LogP contribution in [0.5, 0.6) is 0 Å². The second-order valence-electron chi connectivity index (χ2n) is 5.26. The molecule has 0 heterocycles. The quantitative estimate of drug-likeness (QED) is 0.747. The van der Waals surface area contributed by atoms with E-state index in [1.807, 2.05) is 6.92 Å². The lowest BCUT2D eigenvalue weighted by Gasteiger charge is -2.31. The van der Waals surface area contributed by atoms with E-state index < -0.39 is 11.9 Å². The van der Waals surface area contributed by atoms with E-state index in [1.54, 1.807) is 31.2 Å². The first-order chi connectivity index (χ1) is 10.9. The number of anilines is 1. The minimum atomic E-state index is -0.489. The lowest BCUT2D eigenvalue weighted by Crippen LogP contribution is -2.47. The third-order valence-electron chi connectivity index (χ3n) is 3.55. The van der Waals surface area contributed by atoms with Crippen LogP contribution in [-0.4, -0.2) is 48.3 Å². The Morgan fingerprint density at radius 1 is 1.35 bits per heavy atom. The molecule has 0 saturated carbocycles. The Hall–Kier alpha value is -1.79. The summed E-state index contributed by atoms with van der Waals surface area (Å²) in [6.45, 7) is 3.52. The highest BCUT2D eigenvalue weighted by atomic mass is 35.5. The molecule has 0 spiro atoms. The summed E-state index contributed by atoms with van der Waals surface area (Å²) in [6, 6.07) is 5.94. The van der Waals surface area contributed by atoms with Gasteiger partial charge in [-0.15, -0.1) is 0 Å². The van der Waals surface area contributed by atoms with Crippen molar-refractivity contribution in [3.8, 4) is 0 Å². The molecule has 2 N–H and O–H groups in total. The third kappa shape index (κ3) is 5.73. The van der Waals surface area contributed by atoms with Crippen LogP contribution >= 0.6 is 11.6 Å². The van der Waals surface area contributed by atoms with Gasteiger partial charge in [-0.1, -0.05) is 25.4 Å². The number of ether oxygens (including phenoxy) is 1. The number of halogens is 1. The molecule has 1 aromatic rings. The highest BCUT2D eigenvalue weighted by Crippen LogP contribution is 2.16. The molecule has 2 atom stereocenters. The number of hydrogen-bond donors (Lipinski definition) is 2. The second kappa shape index (κ2) is 9.37. The van der Waals surface area contributed by atoms with Gasteiger partial charge in [0.05, 0.1) is 25.7 Å². The number of nitrogens with one attached hydrogen (secondary N) is 1. The van der Waals surface area contributed by atoms with Gasteiger partial charge in [0.25, 0.3) is 0 Å². The van der Waals surface area contributed by atoms with Crippen molar-refractivity contribution >= 4 is 29.3 Å². The fraction of sp³-hybridized carbons (Fsp3) is 0.500. The van der Waals surface area contributed by atoms with E-state index in [-0.39, 0.29) is 25.2 Å². The number of methoxy groups -OCH3 is 1. The Balaban J connectivity index is 2.87. The number of nitrogens with zero attached hydrogens (tertiary/aromatic N) is 1. The fourth-order valence-electron chi connectivity index (χ4n) is 2.15. The number of rotatable bonds is 7. The zero-order valence-corrected chi connectivity index (χ0v) is 14.3. The van der Waals surface area contributed by atoms with Crippen LogP contribution in [0, 0.1) is 5.92 Å². The number of carbonyl (C=O) groups excluding carboxylic acids is 2. The van der Waals surface area contributed by atoms with Gasteiger partial charge in [0.1, 0.15) is 0 Å². The average molecular weight is 343 g/mol. The first kappa shape index (κ1) is 19.3. The molecule has 0 aliphatic rings. The van der Waals surface area contributed by atoms with E-state index in [9.17, 15) is 14.7 Å². The van der Waals surface area contributed by atoms with E-state index in [0.717, 1.165) is 0 Å². The first-order valence-corrected chi connectivity index (χ1v) is 7.82. The van der Waals surface area contributed by atoms with Crippen LogP contribution < -0.4 is 5.32 Å². The monoisotopic (exact) mass is 342 g/mol. The van der Waals surface area contributed by atoms with Gasteiger partial charge >= 0.3 is 12.0 Å². The summed E-state index contributed by atoms with van der Waals surface area (Å²) < 4.78 is 4.70. The normalized spacial score (nSPS) is 13.1. The van der Waals surface area contributed by atoms with Crippen molar-refractivity contribution in [1.82, 2.24) is 4.90 Å². The van der Waals surface area contributed by atoms with Gasteiger partial charge < -0.3 is 20.1 Å². The number of esters is 1. The molecule has 7 heteroatoms. The predicted octanol–water partition coefficient (Wildman–Crippen LogP) is 2.75. The second-order valence-corrected chi connectivity index (χ2v) is 5.69. The van der Waals surface area contributed by atoms with E-state index in [0.29, 0.717) is 17.1 Å². The van der Waals surface area contributed by atoms with Crippen LogP contribution in [-0.2, 0) is 9.53 Å². The largest absolute Gasteiger partial charge is 0.469 e. The summed E-state index contributed by atoms with van der Waals surface area (Å²) in [7, 11) is 1.31. The Morgan fingerprint density at radius 2 is 1.96 bits per heavy atom. The van der Waals surface area contributed by atoms with Crippen molar-refractivity contribution in [2.75, 3.05) is 25.6 Å². The van der Waals surface area contributed by atoms with Gasteiger partial charge in [-0.25, -0.2) is 4.79 Å². The molecule has 6 nitrogen and oxygen atoms in total. The lowest BCUT2D eigenvalue weighted by atomic mass is 10.1. The zero-order chi connectivity index (χ0) is 17.4. The molecule has 0 radical (unpaired) electrons. The van der Waals surface area contributed by atoms with Crippen LogP contribution in [0.1, 0.15) is 20.3 Å². The molecule has 1 aromatic carbocycles. The van der Waals surface area contributed by atoms with E-state index in [4.69, 9.17) is 16.3 Å². The minimum absolute atomic E-state index is 0.158. The highest BCUT2D eigenvalue weighted by Gasteiger charge is 2.26. The summed E-state index contributed by atoms with van der Waals surface area (Å²) >= 11 is 5.82. The third-order valence-corrected chi connectivity index (χ3v) is 3.81. The lowest BCUT2D eigenvalue weighted by molar-refractivity contribution is -0.145. The highest BCUT2D eigenvalue weighted by molar-refractivity contribution is 6.30. The maximum atomic E-state index is 12.5. The summed E-state index contributed by atoms with van der Waals surface area (Å²) in [4.78, 5) is 25.6. The molecular formula is C16H23ClN2O4. The molecule has 0 saturated heterocycles. The predicted molar refractivity (Wildman–Crippen MR) is 89.5 cm³/mol. The number of aliphatic hydroxyl groups excluding tert-OH is 1. The Kier molecular flexibility index (Phi) is 7.85. The summed E-state index contributed by atoms with van der Waals surface area (Å²) in [5.41, 5.74) is 0.586. The van der Waals surface area contributed by atoms with Gasteiger partial charge in [0, 0.05) is 17.3 Å². The van der Waals surface area contributed by atoms with Crippen LogP contribution in [0.2, 0.25) is 5.02 Å². The Labute approximate surface area is 141 Å². The molecule has 0 fully saturated rings. The van der Waals surface area contributed by atoms with Crippen LogP contribution in [0.4, 0.5) is 10.5 Å². The summed E-state index contributed by atoms with van der Waals surface area (Å²) in [5, 5.41) is 12.8. The molecule has 0 aromatic heterocycles. The van der Waals surface area contributed by atoms with Crippen LogP contribution in [0.3, 0.4) is 0 Å². The van der Waals surface area contributed by atoms with Gasteiger partial charge in [-0.3, -0.25) is 4.79 Å². The number of amides is 2. The van der Waals surface area contributed by atoms with E-state index in [2.05, 4.69) is 5.32 Å². The maximum Gasteiger partial charge on any atom is 0.322 e. The molecule has 0 aliphatic carbocycles. The number of hydrogen-bond acceptors (Lipinski definition) is 4. The molecule has 2 amide bonds. The molecule has 0 aliphatic heterocycles. The Bertz CT molecular complexity index is 517. The molecule has 2 unspecified atom stereocenters. The van der Waals surface area contributed by atoms with E-state index in [1.165, 1.54) is 12.0 Å². The molecular weight excluding hydrogens is 320 g/mol. The SMILES string of the molecule is CCC(CO)N(CC(C)C(=O)OC)C(=O)Nc1ccc(Cl)cc1. The number of carbonyl (C=O) groups is 2. The summed E-state index contributed by atoms with van der Waals surface area (Å²) in [6.07, 6.45) is 0.568. The van der Waals surface area contributed by atoms with Gasteiger partial charge in [-0.2, -0.15) is 0 Å². The zero-order valence-electron chi connectivity index (χ0n) is 13.6.